The van der Waals surface area contributed by atoms with Crippen LogP contribution in [0.25, 0.3) is 0 Å². The second-order valence-corrected chi connectivity index (χ2v) is 11.5. The number of ketones is 1. The predicted molar refractivity (Wildman–Crippen MR) is 136 cm³/mol. The monoisotopic (exact) mass is 472 g/mol. The smallest absolute Gasteiger partial charge is 0.379 e. The number of piperidine rings is 1. The highest BCUT2D eigenvalue weighted by molar-refractivity contribution is 6.40. The van der Waals surface area contributed by atoms with Gasteiger partial charge in [0.1, 0.15) is 6.10 Å². The van der Waals surface area contributed by atoms with Crippen LogP contribution >= 0.6 is 0 Å². The lowest BCUT2D eigenvalue weighted by molar-refractivity contribution is -0.149. The van der Waals surface area contributed by atoms with Crippen molar-refractivity contribution < 1.29 is 19.1 Å². The lowest BCUT2D eigenvalue weighted by Gasteiger charge is -2.39. The Morgan fingerprint density at radius 2 is 1.65 bits per heavy atom. The van der Waals surface area contributed by atoms with E-state index in [4.69, 9.17) is 4.74 Å². The Bertz CT molecular complexity index is 824. The molecule has 1 fully saturated rings. The number of esters is 1. The van der Waals surface area contributed by atoms with Crippen molar-refractivity contribution in [3.05, 3.63) is 35.9 Å². The van der Waals surface area contributed by atoms with Crippen molar-refractivity contribution in [1.82, 2.24) is 10.2 Å². The molecule has 1 aromatic rings. The van der Waals surface area contributed by atoms with Crippen molar-refractivity contribution in [2.24, 2.45) is 10.8 Å². The molecule has 3 atom stereocenters. The van der Waals surface area contributed by atoms with Crippen LogP contribution in [-0.4, -0.2) is 53.8 Å². The van der Waals surface area contributed by atoms with Crippen molar-refractivity contribution in [3.8, 4) is 0 Å². The van der Waals surface area contributed by atoms with Crippen LogP contribution in [0, 0.1) is 10.8 Å². The summed E-state index contributed by atoms with van der Waals surface area (Å²) in [5.74, 6) is -1.36. The Hall–Kier alpha value is -2.21. The Labute approximate surface area is 205 Å². The van der Waals surface area contributed by atoms with Crippen molar-refractivity contribution in [3.63, 3.8) is 0 Å². The first-order valence-corrected chi connectivity index (χ1v) is 12.7. The summed E-state index contributed by atoms with van der Waals surface area (Å²) in [6.07, 6.45) is 4.71. The van der Waals surface area contributed by atoms with E-state index >= 15 is 0 Å². The Morgan fingerprint density at radius 1 is 1.06 bits per heavy atom. The normalized spacial score (nSPS) is 20.4. The van der Waals surface area contributed by atoms with E-state index < -0.39 is 17.9 Å². The van der Waals surface area contributed by atoms with Gasteiger partial charge in [0.25, 0.3) is 5.78 Å². The van der Waals surface area contributed by atoms with E-state index in [1.165, 1.54) is 6.42 Å². The summed E-state index contributed by atoms with van der Waals surface area (Å²) in [4.78, 5) is 39.6. The third-order valence-corrected chi connectivity index (χ3v) is 7.37. The molecule has 1 aliphatic rings. The molecule has 6 nitrogen and oxygen atoms in total. The van der Waals surface area contributed by atoms with E-state index in [0.717, 1.165) is 25.7 Å². The van der Waals surface area contributed by atoms with Crippen LogP contribution in [-0.2, 0) is 14.3 Å². The molecule has 1 amide bonds. The number of amides is 1. The van der Waals surface area contributed by atoms with Crippen molar-refractivity contribution in [2.45, 2.75) is 98.8 Å². The Morgan fingerprint density at radius 3 is 2.24 bits per heavy atom. The van der Waals surface area contributed by atoms with Crippen LogP contribution in [0.2, 0.25) is 0 Å². The molecule has 2 rings (SSSR count). The van der Waals surface area contributed by atoms with Gasteiger partial charge in [-0.15, -0.1) is 0 Å². The second-order valence-electron chi connectivity index (χ2n) is 11.5. The zero-order valence-electron chi connectivity index (χ0n) is 22.1. The van der Waals surface area contributed by atoms with Gasteiger partial charge in [-0.25, -0.2) is 4.79 Å². The number of carbonyl (C=O) groups excluding carboxylic acids is 3. The third kappa shape index (κ3) is 8.23. The summed E-state index contributed by atoms with van der Waals surface area (Å²) in [6, 6.07) is 9.38. The van der Waals surface area contributed by atoms with Crippen LogP contribution in [0.5, 0.6) is 0 Å². The first kappa shape index (κ1) is 28.0. The summed E-state index contributed by atoms with van der Waals surface area (Å²) in [7, 11) is 0. The van der Waals surface area contributed by atoms with E-state index in [1.54, 1.807) is 30.3 Å². The first-order chi connectivity index (χ1) is 15.8. The molecular formula is C28H44N2O4. The number of likely N-dealkylation sites (tertiary alicyclic amines) is 1. The topological polar surface area (TPSA) is 75.7 Å². The lowest BCUT2D eigenvalue weighted by atomic mass is 9.71. The van der Waals surface area contributed by atoms with E-state index in [0.29, 0.717) is 30.7 Å². The molecule has 34 heavy (non-hydrogen) atoms. The molecule has 1 aromatic carbocycles. The van der Waals surface area contributed by atoms with E-state index in [9.17, 15) is 14.4 Å². The van der Waals surface area contributed by atoms with Gasteiger partial charge in [-0.05, 0) is 51.9 Å². The van der Waals surface area contributed by atoms with E-state index in [1.807, 2.05) is 6.92 Å². The van der Waals surface area contributed by atoms with E-state index in [-0.39, 0.29) is 16.7 Å². The average Bonchev–Trinajstić information content (AvgIpc) is 2.75. The fraction of sp³-hybridized carbons (Fsp3) is 0.679. The summed E-state index contributed by atoms with van der Waals surface area (Å²) < 4.78 is 5.56. The quantitative estimate of drug-likeness (QED) is 0.278. The highest BCUT2D eigenvalue weighted by Gasteiger charge is 2.36. The minimum atomic E-state index is -0.821. The zero-order valence-corrected chi connectivity index (χ0v) is 22.1. The SMILES string of the molecule is CC1CCCC(C)N1CC(=O)NCCC(C)(C)CC(C)(C)C(C)OC(=O)C(=O)c1ccccc1. The summed E-state index contributed by atoms with van der Waals surface area (Å²) >= 11 is 0. The maximum Gasteiger partial charge on any atom is 0.379 e. The van der Waals surface area contributed by atoms with Crippen LogP contribution in [0.15, 0.2) is 30.3 Å². The molecule has 1 aliphatic heterocycles. The number of benzene rings is 1. The summed E-state index contributed by atoms with van der Waals surface area (Å²) in [5.41, 5.74) is -0.0762. The average molecular weight is 473 g/mol. The fourth-order valence-corrected chi connectivity index (χ4v) is 5.09. The van der Waals surface area contributed by atoms with Gasteiger partial charge in [0.2, 0.25) is 5.91 Å². The maximum absolute atomic E-state index is 12.5. The van der Waals surface area contributed by atoms with Crippen LogP contribution in [0.4, 0.5) is 0 Å². The third-order valence-electron chi connectivity index (χ3n) is 7.37. The van der Waals surface area contributed by atoms with Gasteiger partial charge < -0.3 is 10.1 Å². The van der Waals surface area contributed by atoms with Crippen molar-refractivity contribution in [1.29, 1.82) is 0 Å². The minimum Gasteiger partial charge on any atom is -0.456 e. The van der Waals surface area contributed by atoms with Gasteiger partial charge in [-0.1, -0.05) is 64.4 Å². The first-order valence-electron chi connectivity index (χ1n) is 12.7. The largest absolute Gasteiger partial charge is 0.456 e. The molecule has 0 radical (unpaired) electrons. The van der Waals surface area contributed by atoms with Gasteiger partial charge in [-0.3, -0.25) is 14.5 Å². The molecule has 6 heteroatoms. The van der Waals surface area contributed by atoms with E-state index in [2.05, 4.69) is 51.8 Å². The number of nitrogens with one attached hydrogen (secondary N) is 1. The molecule has 0 saturated carbocycles. The number of Topliss-reactive ketones (excluding diaryl/α,β-unsaturated/α-hetero) is 1. The molecule has 0 aliphatic carbocycles. The van der Waals surface area contributed by atoms with Crippen LogP contribution < -0.4 is 5.32 Å². The van der Waals surface area contributed by atoms with Gasteiger partial charge in [0.15, 0.2) is 0 Å². The van der Waals surface area contributed by atoms with Gasteiger partial charge >= 0.3 is 5.97 Å². The summed E-state index contributed by atoms with van der Waals surface area (Å²) in [6.45, 7) is 15.8. The van der Waals surface area contributed by atoms with Gasteiger partial charge in [0.05, 0.1) is 6.54 Å². The molecule has 1 heterocycles. The minimum absolute atomic E-state index is 0.0768. The molecule has 1 saturated heterocycles. The number of hydrogen-bond donors (Lipinski definition) is 1. The number of carbonyl (C=O) groups is 3. The number of hydrogen-bond acceptors (Lipinski definition) is 5. The van der Waals surface area contributed by atoms with Crippen LogP contribution in [0.3, 0.4) is 0 Å². The molecule has 0 bridgehead atoms. The number of ether oxygens (including phenoxy) is 1. The molecule has 190 valence electrons. The zero-order chi connectivity index (χ0) is 25.5. The summed E-state index contributed by atoms with van der Waals surface area (Å²) in [5, 5.41) is 3.10. The van der Waals surface area contributed by atoms with Gasteiger partial charge in [0, 0.05) is 29.6 Å². The molecule has 3 unspecified atom stereocenters. The second kappa shape index (κ2) is 12.0. The Kier molecular flexibility index (Phi) is 9.86. The highest BCUT2D eigenvalue weighted by atomic mass is 16.5. The van der Waals surface area contributed by atoms with Gasteiger partial charge in [-0.2, -0.15) is 0 Å². The molecular weight excluding hydrogens is 428 g/mol. The lowest BCUT2D eigenvalue weighted by Crippen LogP contribution is -2.49. The molecule has 0 spiro atoms. The van der Waals surface area contributed by atoms with Crippen LogP contribution in [0.1, 0.15) is 90.9 Å². The fourth-order valence-electron chi connectivity index (χ4n) is 5.09. The van der Waals surface area contributed by atoms with Crippen molar-refractivity contribution >= 4 is 17.7 Å². The van der Waals surface area contributed by atoms with Crippen molar-refractivity contribution in [2.75, 3.05) is 13.1 Å². The standard InChI is InChI=1S/C28H44N2O4/c1-20-12-11-13-21(2)30(20)18-24(31)29-17-16-27(4,5)19-28(6,7)22(3)34-26(33)25(32)23-14-9-8-10-15-23/h8-10,14-15,20-22H,11-13,16-19H2,1-7H3,(H,29,31). The Balaban J connectivity index is 1.82. The number of rotatable bonds is 11. The number of nitrogens with zero attached hydrogens (tertiary/aromatic N) is 1. The highest BCUT2D eigenvalue weighted by Crippen LogP contribution is 2.39. The molecule has 1 N–H and O–H groups in total. The predicted octanol–water partition coefficient (Wildman–Crippen LogP) is 5.01. The maximum atomic E-state index is 12.5. The molecule has 0 aromatic heterocycles.